The minimum absolute atomic E-state index is 0.890. The van der Waals surface area contributed by atoms with E-state index in [9.17, 15) is 0 Å². The van der Waals surface area contributed by atoms with E-state index in [0.29, 0.717) is 0 Å². The van der Waals surface area contributed by atoms with Gasteiger partial charge < -0.3 is 9.88 Å². The summed E-state index contributed by atoms with van der Waals surface area (Å²) >= 11 is 0. The van der Waals surface area contributed by atoms with Gasteiger partial charge in [-0.2, -0.15) is 0 Å². The van der Waals surface area contributed by atoms with Crippen LogP contribution < -0.4 is 5.32 Å². The Bertz CT molecular complexity index is 434. The maximum Gasteiger partial charge on any atom is 0.0948 e. The van der Waals surface area contributed by atoms with Crippen LogP contribution in [0.25, 0.3) is 0 Å². The van der Waals surface area contributed by atoms with Gasteiger partial charge in [-0.05, 0) is 25.5 Å². The lowest BCUT2D eigenvalue weighted by Gasteiger charge is -2.07. The number of benzene rings is 1. The third kappa shape index (κ3) is 3.43. The Balaban J connectivity index is 1.73. The number of aryl methyl sites for hydroxylation is 1. The van der Waals surface area contributed by atoms with Crippen LogP contribution in [0.3, 0.4) is 0 Å². The fourth-order valence-electron chi connectivity index (χ4n) is 1.87. The van der Waals surface area contributed by atoms with Crippen LogP contribution in [0.15, 0.2) is 42.9 Å². The third-order valence-corrected chi connectivity index (χ3v) is 2.88. The molecule has 0 saturated heterocycles. The van der Waals surface area contributed by atoms with Crippen molar-refractivity contribution in [3.05, 3.63) is 54.1 Å². The molecule has 2 aromatic rings. The number of rotatable bonds is 6. The van der Waals surface area contributed by atoms with Gasteiger partial charge in [0, 0.05) is 19.3 Å². The van der Waals surface area contributed by atoms with Crippen LogP contribution in [0.5, 0.6) is 0 Å². The Labute approximate surface area is 103 Å². The summed E-state index contributed by atoms with van der Waals surface area (Å²) in [4.78, 5) is 4.15. The molecule has 0 bridgehead atoms. The lowest BCUT2D eigenvalue weighted by molar-refractivity contribution is 0.628. The van der Waals surface area contributed by atoms with Crippen LogP contribution in [0.4, 0.5) is 0 Å². The van der Waals surface area contributed by atoms with Gasteiger partial charge in [0.25, 0.3) is 0 Å². The number of aromatic nitrogens is 2. The summed E-state index contributed by atoms with van der Waals surface area (Å²) in [6.07, 6.45) is 4.88. The molecule has 0 saturated carbocycles. The Kier molecular flexibility index (Phi) is 4.33. The van der Waals surface area contributed by atoms with Gasteiger partial charge in [0.1, 0.15) is 0 Å². The van der Waals surface area contributed by atoms with Crippen molar-refractivity contribution in [2.75, 3.05) is 6.54 Å². The maximum atomic E-state index is 4.15. The second-order valence-electron chi connectivity index (χ2n) is 4.08. The Morgan fingerprint density at radius 1 is 1.24 bits per heavy atom. The molecular weight excluding hydrogens is 210 g/mol. The van der Waals surface area contributed by atoms with Gasteiger partial charge >= 0.3 is 0 Å². The zero-order valence-corrected chi connectivity index (χ0v) is 10.3. The number of hydrogen-bond donors (Lipinski definition) is 1. The van der Waals surface area contributed by atoms with Gasteiger partial charge in [-0.25, -0.2) is 4.98 Å². The standard InChI is InChI=1S/C14H19N3/c1-2-17-12-16-11-14(17)10-15-9-8-13-6-4-3-5-7-13/h3-7,11-12,15H,2,8-10H2,1H3. The van der Waals surface area contributed by atoms with E-state index in [4.69, 9.17) is 0 Å². The van der Waals surface area contributed by atoms with Gasteiger partial charge in [-0.3, -0.25) is 0 Å². The molecule has 0 aliphatic rings. The molecule has 0 radical (unpaired) electrons. The van der Waals surface area contributed by atoms with E-state index in [0.717, 1.165) is 26.1 Å². The number of nitrogens with zero attached hydrogens (tertiary/aromatic N) is 2. The topological polar surface area (TPSA) is 29.9 Å². The SMILES string of the molecule is CCn1cncc1CNCCc1ccccc1. The fourth-order valence-corrected chi connectivity index (χ4v) is 1.87. The van der Waals surface area contributed by atoms with E-state index in [-0.39, 0.29) is 0 Å². The molecule has 0 atom stereocenters. The van der Waals surface area contributed by atoms with Gasteiger partial charge in [0.05, 0.1) is 12.0 Å². The molecular formula is C14H19N3. The average molecular weight is 229 g/mol. The summed E-state index contributed by atoms with van der Waals surface area (Å²) in [5, 5.41) is 3.45. The van der Waals surface area contributed by atoms with Gasteiger partial charge in [0.15, 0.2) is 0 Å². The average Bonchev–Trinajstić information content (AvgIpc) is 2.83. The predicted molar refractivity (Wildman–Crippen MR) is 69.8 cm³/mol. The second-order valence-corrected chi connectivity index (χ2v) is 4.08. The Morgan fingerprint density at radius 2 is 2.06 bits per heavy atom. The molecule has 1 aromatic heterocycles. The van der Waals surface area contributed by atoms with Crippen LogP contribution in [0.1, 0.15) is 18.2 Å². The monoisotopic (exact) mass is 229 g/mol. The minimum atomic E-state index is 0.890. The quantitative estimate of drug-likeness (QED) is 0.770. The Morgan fingerprint density at radius 3 is 2.82 bits per heavy atom. The largest absolute Gasteiger partial charge is 0.334 e. The van der Waals surface area contributed by atoms with Crippen molar-refractivity contribution in [1.29, 1.82) is 0 Å². The smallest absolute Gasteiger partial charge is 0.0948 e. The van der Waals surface area contributed by atoms with E-state index in [1.807, 2.05) is 12.5 Å². The Hall–Kier alpha value is -1.61. The molecule has 90 valence electrons. The van der Waals surface area contributed by atoms with Crippen molar-refractivity contribution in [3.8, 4) is 0 Å². The fraction of sp³-hybridized carbons (Fsp3) is 0.357. The molecule has 3 nitrogen and oxygen atoms in total. The van der Waals surface area contributed by atoms with Crippen LogP contribution in [-0.4, -0.2) is 16.1 Å². The predicted octanol–water partition coefficient (Wildman–Crippen LogP) is 2.24. The van der Waals surface area contributed by atoms with Crippen molar-refractivity contribution >= 4 is 0 Å². The van der Waals surface area contributed by atoms with E-state index in [1.165, 1.54) is 11.3 Å². The van der Waals surface area contributed by atoms with Gasteiger partial charge in [0.2, 0.25) is 0 Å². The molecule has 17 heavy (non-hydrogen) atoms. The molecule has 0 aliphatic heterocycles. The number of nitrogens with one attached hydrogen (secondary N) is 1. The highest BCUT2D eigenvalue weighted by molar-refractivity contribution is 5.14. The summed E-state index contributed by atoms with van der Waals surface area (Å²) in [6, 6.07) is 10.6. The molecule has 2 rings (SSSR count). The molecule has 3 heteroatoms. The first-order valence-corrected chi connectivity index (χ1v) is 6.14. The van der Waals surface area contributed by atoms with E-state index in [1.54, 1.807) is 0 Å². The molecule has 1 aromatic carbocycles. The minimum Gasteiger partial charge on any atom is -0.334 e. The zero-order valence-electron chi connectivity index (χ0n) is 10.3. The first-order valence-electron chi connectivity index (χ1n) is 6.14. The molecule has 0 amide bonds. The molecule has 0 unspecified atom stereocenters. The van der Waals surface area contributed by atoms with E-state index >= 15 is 0 Å². The highest BCUT2D eigenvalue weighted by atomic mass is 15.1. The lowest BCUT2D eigenvalue weighted by atomic mass is 10.1. The normalized spacial score (nSPS) is 10.6. The second kappa shape index (κ2) is 6.21. The summed E-state index contributed by atoms with van der Waals surface area (Å²) in [7, 11) is 0. The van der Waals surface area contributed by atoms with Crippen molar-refractivity contribution in [2.24, 2.45) is 0 Å². The van der Waals surface area contributed by atoms with Crippen molar-refractivity contribution < 1.29 is 0 Å². The molecule has 1 heterocycles. The van der Waals surface area contributed by atoms with E-state index in [2.05, 4.69) is 52.1 Å². The first kappa shape index (κ1) is 11.9. The van der Waals surface area contributed by atoms with Gasteiger partial charge in [-0.15, -0.1) is 0 Å². The van der Waals surface area contributed by atoms with E-state index < -0.39 is 0 Å². The van der Waals surface area contributed by atoms with Crippen molar-refractivity contribution in [3.63, 3.8) is 0 Å². The summed E-state index contributed by atoms with van der Waals surface area (Å²) < 4.78 is 2.16. The maximum absolute atomic E-state index is 4.15. The highest BCUT2D eigenvalue weighted by Gasteiger charge is 1.99. The molecule has 0 aliphatic carbocycles. The lowest BCUT2D eigenvalue weighted by Crippen LogP contribution is -2.18. The molecule has 0 fully saturated rings. The van der Waals surface area contributed by atoms with Crippen molar-refractivity contribution in [2.45, 2.75) is 26.4 Å². The zero-order chi connectivity index (χ0) is 11.9. The first-order chi connectivity index (χ1) is 8.40. The van der Waals surface area contributed by atoms with Gasteiger partial charge in [-0.1, -0.05) is 30.3 Å². The van der Waals surface area contributed by atoms with Crippen LogP contribution in [-0.2, 0) is 19.5 Å². The van der Waals surface area contributed by atoms with Crippen LogP contribution in [0.2, 0.25) is 0 Å². The van der Waals surface area contributed by atoms with Crippen molar-refractivity contribution in [1.82, 2.24) is 14.9 Å². The molecule has 1 N–H and O–H groups in total. The number of hydrogen-bond acceptors (Lipinski definition) is 2. The van der Waals surface area contributed by atoms with Crippen LogP contribution >= 0.6 is 0 Å². The third-order valence-electron chi connectivity index (χ3n) is 2.88. The highest BCUT2D eigenvalue weighted by Crippen LogP contribution is 2.00. The number of imidazole rings is 1. The van der Waals surface area contributed by atoms with Crippen LogP contribution in [0, 0.1) is 0 Å². The molecule has 0 spiro atoms. The summed E-state index contributed by atoms with van der Waals surface area (Å²) in [6.45, 7) is 5.00. The summed E-state index contributed by atoms with van der Waals surface area (Å²) in [5.74, 6) is 0. The summed E-state index contributed by atoms with van der Waals surface area (Å²) in [5.41, 5.74) is 2.63.